The summed E-state index contributed by atoms with van der Waals surface area (Å²) in [5, 5.41) is 4.57. The molecule has 1 aromatic heterocycles. The number of aromatic nitrogens is 2. The van der Waals surface area contributed by atoms with Crippen molar-refractivity contribution < 1.29 is 0 Å². The molecule has 14 heavy (non-hydrogen) atoms. The number of aryl methyl sites for hydroxylation is 2. The van der Waals surface area contributed by atoms with Gasteiger partial charge in [-0.3, -0.25) is 4.68 Å². The van der Waals surface area contributed by atoms with Crippen molar-refractivity contribution in [3.8, 4) is 0 Å². The molecule has 0 amide bonds. The summed E-state index contributed by atoms with van der Waals surface area (Å²) >= 11 is 0. The maximum atomic E-state index is 5.93. The van der Waals surface area contributed by atoms with Crippen molar-refractivity contribution in [3.63, 3.8) is 0 Å². The monoisotopic (exact) mass is 193 g/mol. The van der Waals surface area contributed by atoms with Crippen LogP contribution in [0.15, 0.2) is 6.20 Å². The molecule has 1 fully saturated rings. The summed E-state index contributed by atoms with van der Waals surface area (Å²) < 4.78 is 1.90. The fourth-order valence-corrected chi connectivity index (χ4v) is 2.72. The molecular formula is C11H19N3. The molecule has 0 bridgehead atoms. The van der Waals surface area contributed by atoms with Gasteiger partial charge in [0.25, 0.3) is 0 Å². The van der Waals surface area contributed by atoms with Crippen LogP contribution in [0.2, 0.25) is 0 Å². The molecule has 0 saturated heterocycles. The number of rotatable bonds is 2. The van der Waals surface area contributed by atoms with Crippen molar-refractivity contribution in [2.75, 3.05) is 6.54 Å². The van der Waals surface area contributed by atoms with Gasteiger partial charge in [-0.15, -0.1) is 0 Å². The smallest absolute Gasteiger partial charge is 0.0727 e. The van der Waals surface area contributed by atoms with Crippen LogP contribution in [0.25, 0.3) is 0 Å². The molecule has 1 aliphatic rings. The Hall–Kier alpha value is -0.830. The van der Waals surface area contributed by atoms with E-state index in [2.05, 4.69) is 18.2 Å². The Kier molecular flexibility index (Phi) is 2.35. The highest BCUT2D eigenvalue weighted by atomic mass is 15.3. The average Bonchev–Trinajstić information content (AvgIpc) is 2.73. The van der Waals surface area contributed by atoms with Crippen LogP contribution in [0.4, 0.5) is 0 Å². The molecule has 2 N–H and O–H groups in total. The first kappa shape index (κ1) is 9.71. The molecule has 1 saturated carbocycles. The van der Waals surface area contributed by atoms with Crippen LogP contribution in [0.5, 0.6) is 0 Å². The minimum atomic E-state index is 0.186. The van der Waals surface area contributed by atoms with Gasteiger partial charge in [0.15, 0.2) is 0 Å². The van der Waals surface area contributed by atoms with Gasteiger partial charge in [-0.25, -0.2) is 0 Å². The van der Waals surface area contributed by atoms with Gasteiger partial charge in [0.2, 0.25) is 0 Å². The molecule has 0 aliphatic heterocycles. The van der Waals surface area contributed by atoms with Gasteiger partial charge in [-0.2, -0.15) is 5.10 Å². The van der Waals surface area contributed by atoms with Crippen LogP contribution in [0, 0.1) is 6.92 Å². The van der Waals surface area contributed by atoms with Crippen LogP contribution in [-0.2, 0) is 12.5 Å². The summed E-state index contributed by atoms with van der Waals surface area (Å²) in [4.78, 5) is 0. The fraction of sp³-hybridized carbons (Fsp3) is 0.727. The summed E-state index contributed by atoms with van der Waals surface area (Å²) in [7, 11) is 1.98. The van der Waals surface area contributed by atoms with E-state index in [4.69, 9.17) is 5.73 Å². The van der Waals surface area contributed by atoms with Crippen molar-refractivity contribution in [3.05, 3.63) is 17.5 Å². The van der Waals surface area contributed by atoms with E-state index in [9.17, 15) is 0 Å². The first-order valence-corrected chi connectivity index (χ1v) is 5.39. The highest BCUT2D eigenvalue weighted by Gasteiger charge is 2.37. The Morgan fingerprint density at radius 1 is 1.50 bits per heavy atom. The summed E-state index contributed by atoms with van der Waals surface area (Å²) in [5.74, 6) is 0. The number of hydrogen-bond donors (Lipinski definition) is 1. The van der Waals surface area contributed by atoms with E-state index in [-0.39, 0.29) is 5.41 Å². The molecule has 0 aromatic carbocycles. The summed E-state index contributed by atoms with van der Waals surface area (Å²) in [6.07, 6.45) is 7.11. The van der Waals surface area contributed by atoms with E-state index in [1.807, 2.05) is 11.7 Å². The fourth-order valence-electron chi connectivity index (χ4n) is 2.72. The van der Waals surface area contributed by atoms with Gasteiger partial charge in [0, 0.05) is 25.2 Å². The Balaban J connectivity index is 2.40. The highest BCUT2D eigenvalue weighted by Crippen LogP contribution is 2.40. The summed E-state index contributed by atoms with van der Waals surface area (Å²) in [5.41, 5.74) is 8.64. The van der Waals surface area contributed by atoms with Crippen LogP contribution >= 0.6 is 0 Å². The van der Waals surface area contributed by atoms with E-state index in [0.29, 0.717) is 0 Å². The Morgan fingerprint density at radius 3 is 2.57 bits per heavy atom. The first-order chi connectivity index (χ1) is 6.68. The normalized spacial score (nSPS) is 20.2. The number of nitrogens with zero attached hydrogens (tertiary/aromatic N) is 2. The van der Waals surface area contributed by atoms with Crippen molar-refractivity contribution in [2.45, 2.75) is 38.0 Å². The molecular weight excluding hydrogens is 174 g/mol. The van der Waals surface area contributed by atoms with Crippen molar-refractivity contribution >= 4 is 0 Å². The minimum absolute atomic E-state index is 0.186. The lowest BCUT2D eigenvalue weighted by Crippen LogP contribution is -2.33. The molecule has 78 valence electrons. The average molecular weight is 193 g/mol. The zero-order chi connectivity index (χ0) is 10.2. The Labute approximate surface area is 85.3 Å². The lowest BCUT2D eigenvalue weighted by Gasteiger charge is -2.25. The molecule has 0 atom stereocenters. The molecule has 2 rings (SSSR count). The molecule has 0 spiro atoms. The third-order valence-electron chi connectivity index (χ3n) is 3.47. The quantitative estimate of drug-likeness (QED) is 0.773. The molecule has 3 heteroatoms. The van der Waals surface area contributed by atoms with E-state index >= 15 is 0 Å². The van der Waals surface area contributed by atoms with Crippen molar-refractivity contribution in [1.29, 1.82) is 0 Å². The second-order valence-corrected chi connectivity index (χ2v) is 4.53. The van der Waals surface area contributed by atoms with Crippen LogP contribution in [0.3, 0.4) is 0 Å². The van der Waals surface area contributed by atoms with Gasteiger partial charge in [0.1, 0.15) is 0 Å². The zero-order valence-electron chi connectivity index (χ0n) is 9.08. The van der Waals surface area contributed by atoms with Crippen LogP contribution in [0.1, 0.15) is 36.9 Å². The molecule has 0 radical (unpaired) electrons. The van der Waals surface area contributed by atoms with Crippen molar-refractivity contribution in [1.82, 2.24) is 9.78 Å². The number of hydrogen-bond acceptors (Lipinski definition) is 2. The Morgan fingerprint density at radius 2 is 2.14 bits per heavy atom. The summed E-state index contributed by atoms with van der Waals surface area (Å²) in [6.45, 7) is 2.88. The predicted octanol–water partition coefficient (Wildman–Crippen LogP) is 1.50. The van der Waals surface area contributed by atoms with E-state index in [0.717, 1.165) is 6.54 Å². The maximum absolute atomic E-state index is 5.93. The molecule has 3 nitrogen and oxygen atoms in total. The molecule has 0 unspecified atom stereocenters. The van der Waals surface area contributed by atoms with E-state index < -0.39 is 0 Å². The lowest BCUT2D eigenvalue weighted by molar-refractivity contribution is 0.432. The Bertz CT molecular complexity index is 321. The van der Waals surface area contributed by atoms with Gasteiger partial charge in [-0.05, 0) is 25.3 Å². The largest absolute Gasteiger partial charge is 0.330 e. The van der Waals surface area contributed by atoms with Gasteiger partial charge >= 0.3 is 0 Å². The van der Waals surface area contributed by atoms with Gasteiger partial charge in [-0.1, -0.05) is 12.8 Å². The first-order valence-electron chi connectivity index (χ1n) is 5.39. The second kappa shape index (κ2) is 3.39. The second-order valence-electron chi connectivity index (χ2n) is 4.53. The van der Waals surface area contributed by atoms with Gasteiger partial charge in [0.05, 0.1) is 5.69 Å². The van der Waals surface area contributed by atoms with Crippen LogP contribution < -0.4 is 5.73 Å². The van der Waals surface area contributed by atoms with Gasteiger partial charge < -0.3 is 5.73 Å². The number of nitrogens with two attached hydrogens (primary N) is 1. The SMILES string of the molecule is Cc1cn(C)nc1C1(CN)CCCC1. The van der Waals surface area contributed by atoms with E-state index in [1.54, 1.807) is 0 Å². The molecule has 1 heterocycles. The standard InChI is InChI=1S/C11H19N3/c1-9-7-14(2)13-10(9)11(8-12)5-3-4-6-11/h7H,3-6,8,12H2,1-2H3. The third-order valence-corrected chi connectivity index (χ3v) is 3.47. The molecule has 1 aromatic rings. The third kappa shape index (κ3) is 1.36. The highest BCUT2D eigenvalue weighted by molar-refractivity contribution is 5.26. The van der Waals surface area contributed by atoms with Crippen LogP contribution in [-0.4, -0.2) is 16.3 Å². The predicted molar refractivity (Wildman–Crippen MR) is 57.1 cm³/mol. The minimum Gasteiger partial charge on any atom is -0.330 e. The topological polar surface area (TPSA) is 43.8 Å². The lowest BCUT2D eigenvalue weighted by atomic mass is 9.81. The van der Waals surface area contributed by atoms with Crippen molar-refractivity contribution in [2.24, 2.45) is 12.8 Å². The zero-order valence-corrected chi connectivity index (χ0v) is 9.08. The summed E-state index contributed by atoms with van der Waals surface area (Å²) in [6, 6.07) is 0. The maximum Gasteiger partial charge on any atom is 0.0727 e. The molecule has 1 aliphatic carbocycles. The van der Waals surface area contributed by atoms with E-state index in [1.165, 1.54) is 36.9 Å².